The molecule has 0 fully saturated rings. The van der Waals surface area contributed by atoms with Gasteiger partial charge in [-0.15, -0.1) is 0 Å². The number of benzene rings is 2. The lowest BCUT2D eigenvalue weighted by molar-refractivity contribution is 0.223. The highest BCUT2D eigenvalue weighted by Gasteiger charge is 2.10. The van der Waals surface area contributed by atoms with Crippen LogP contribution in [0.5, 0.6) is 11.5 Å². The maximum absolute atomic E-state index is 6.08. The third-order valence-electron chi connectivity index (χ3n) is 7.75. The van der Waals surface area contributed by atoms with E-state index in [4.69, 9.17) is 13.9 Å². The fourth-order valence-electron chi connectivity index (χ4n) is 4.79. The summed E-state index contributed by atoms with van der Waals surface area (Å²) in [6, 6.07) is 13.9. The lowest BCUT2D eigenvalue weighted by Crippen LogP contribution is -2.33. The van der Waals surface area contributed by atoms with E-state index in [0.717, 1.165) is 106 Å². The molecule has 1 aromatic heterocycles. The molecule has 0 unspecified atom stereocenters. The second-order valence-corrected chi connectivity index (χ2v) is 10.7. The molecule has 0 bridgehead atoms. The number of oxazole rings is 1. The highest BCUT2D eigenvalue weighted by atomic mass is 16.5. The van der Waals surface area contributed by atoms with Crippen LogP contribution in [-0.4, -0.2) is 117 Å². The highest BCUT2D eigenvalue weighted by Crippen LogP contribution is 2.28. The normalized spacial score (nSPS) is 12.0. The van der Waals surface area contributed by atoms with E-state index in [0.29, 0.717) is 19.1 Å². The first-order valence-electron chi connectivity index (χ1n) is 15.5. The number of hydrogen-bond donors (Lipinski definition) is 0. The van der Waals surface area contributed by atoms with Crippen molar-refractivity contribution in [3.8, 4) is 23.0 Å². The van der Waals surface area contributed by atoms with Gasteiger partial charge in [-0.2, -0.15) is 0 Å². The molecule has 8 heteroatoms. The number of aromatic nitrogens is 1. The van der Waals surface area contributed by atoms with Crippen LogP contribution in [0.25, 0.3) is 22.6 Å². The van der Waals surface area contributed by atoms with Gasteiger partial charge >= 0.3 is 0 Å². The van der Waals surface area contributed by atoms with Crippen LogP contribution >= 0.6 is 0 Å². The average Bonchev–Trinajstić information content (AvgIpc) is 3.42. The van der Waals surface area contributed by atoms with Crippen LogP contribution < -0.4 is 9.47 Å². The van der Waals surface area contributed by atoms with Gasteiger partial charge in [0.15, 0.2) is 5.58 Å². The van der Waals surface area contributed by atoms with E-state index in [2.05, 4.69) is 66.4 Å². The summed E-state index contributed by atoms with van der Waals surface area (Å²) in [4.78, 5) is 14.3. The van der Waals surface area contributed by atoms with Crippen molar-refractivity contribution in [1.82, 2.24) is 24.6 Å². The molecule has 0 saturated heterocycles. The minimum absolute atomic E-state index is 0.605. The second-order valence-electron chi connectivity index (χ2n) is 10.7. The third kappa shape index (κ3) is 11.3. The van der Waals surface area contributed by atoms with Crippen LogP contribution in [0.2, 0.25) is 0 Å². The molecule has 0 radical (unpaired) electrons. The molecule has 41 heavy (non-hydrogen) atoms. The second kappa shape index (κ2) is 18.0. The number of likely N-dealkylation sites (N-methyl/N-ethyl adjacent to an activating group) is 4. The zero-order valence-corrected chi connectivity index (χ0v) is 26.4. The Labute approximate surface area is 248 Å². The van der Waals surface area contributed by atoms with Crippen LogP contribution in [0.1, 0.15) is 40.5 Å². The summed E-state index contributed by atoms with van der Waals surface area (Å²) >= 11 is 0. The van der Waals surface area contributed by atoms with Crippen molar-refractivity contribution < 1.29 is 13.9 Å². The van der Waals surface area contributed by atoms with Crippen LogP contribution in [-0.2, 0) is 0 Å². The predicted molar refractivity (Wildman–Crippen MR) is 170 cm³/mol. The molecule has 0 saturated carbocycles. The molecule has 0 aliphatic heterocycles. The lowest BCUT2D eigenvalue weighted by atomic mass is 10.2. The Bertz CT molecular complexity index is 1110. The van der Waals surface area contributed by atoms with Crippen molar-refractivity contribution in [3.63, 3.8) is 0 Å². The Morgan fingerprint density at radius 3 is 1.68 bits per heavy atom. The summed E-state index contributed by atoms with van der Waals surface area (Å²) < 4.78 is 18.1. The Kier molecular flexibility index (Phi) is 14.4. The minimum atomic E-state index is 0.605. The lowest BCUT2D eigenvalue weighted by Gasteiger charge is -2.23. The molecule has 0 amide bonds. The van der Waals surface area contributed by atoms with E-state index < -0.39 is 0 Å². The predicted octanol–water partition coefficient (Wildman–Crippen LogP) is 5.58. The first-order chi connectivity index (χ1) is 19.9. The van der Waals surface area contributed by atoms with E-state index in [1.165, 1.54) is 0 Å². The monoisotopic (exact) mass is 567 g/mol. The Balaban J connectivity index is 1.40. The zero-order valence-electron chi connectivity index (χ0n) is 26.4. The van der Waals surface area contributed by atoms with Gasteiger partial charge in [0.2, 0.25) is 5.89 Å². The smallest absolute Gasteiger partial charge is 0.227 e. The molecule has 1 heterocycles. The van der Waals surface area contributed by atoms with Crippen molar-refractivity contribution in [3.05, 3.63) is 42.5 Å². The van der Waals surface area contributed by atoms with E-state index >= 15 is 0 Å². The molecular weight excluding hydrogens is 514 g/mol. The number of fused-ring (bicyclic) bond motifs is 1. The van der Waals surface area contributed by atoms with Gasteiger partial charge in [-0.3, -0.25) is 0 Å². The maximum Gasteiger partial charge on any atom is 0.227 e. The SMILES string of the molecule is CCN(CC)CCN(C)CCCOc1ccc(-c2nc3ccc(OCCCN(C)CCN(CC)CC)cc3o2)cc1. The van der Waals surface area contributed by atoms with Crippen molar-refractivity contribution in [2.75, 3.05) is 92.8 Å². The van der Waals surface area contributed by atoms with Crippen molar-refractivity contribution in [2.24, 2.45) is 0 Å². The summed E-state index contributed by atoms with van der Waals surface area (Å²) in [7, 11) is 4.36. The fraction of sp³-hybridized carbons (Fsp3) is 0.606. The molecule has 228 valence electrons. The van der Waals surface area contributed by atoms with Gasteiger partial charge in [-0.1, -0.05) is 27.7 Å². The number of ether oxygens (including phenoxy) is 2. The molecule has 0 spiro atoms. The van der Waals surface area contributed by atoms with E-state index in [-0.39, 0.29) is 0 Å². The topological polar surface area (TPSA) is 57.5 Å². The standard InChI is InChI=1S/C33H53N5O3/c1-7-37(8-2)23-21-35(5)19-11-25-39-29-15-13-28(14-16-29)33-34-31-18-17-30(27-32(31)41-33)40-26-12-20-36(6)22-24-38(9-3)10-4/h13-18,27H,7-12,19-26H2,1-6H3. The highest BCUT2D eigenvalue weighted by molar-refractivity contribution is 5.77. The molecule has 8 nitrogen and oxygen atoms in total. The van der Waals surface area contributed by atoms with E-state index in [1.807, 2.05) is 42.5 Å². The molecule has 0 aliphatic rings. The van der Waals surface area contributed by atoms with Gasteiger partial charge in [0.1, 0.15) is 17.0 Å². The first-order valence-corrected chi connectivity index (χ1v) is 15.5. The quantitative estimate of drug-likeness (QED) is 0.155. The minimum Gasteiger partial charge on any atom is -0.494 e. The molecule has 0 aliphatic carbocycles. The van der Waals surface area contributed by atoms with Crippen molar-refractivity contribution >= 4 is 11.1 Å². The van der Waals surface area contributed by atoms with E-state index in [9.17, 15) is 0 Å². The van der Waals surface area contributed by atoms with Gasteiger partial charge < -0.3 is 33.5 Å². The Morgan fingerprint density at radius 2 is 1.15 bits per heavy atom. The molecule has 3 rings (SSSR count). The molecule has 0 atom stereocenters. The molecular formula is C33H53N5O3. The van der Waals surface area contributed by atoms with Gasteiger partial charge in [-0.25, -0.2) is 4.98 Å². The number of hydrogen-bond acceptors (Lipinski definition) is 8. The molecule has 3 aromatic rings. The van der Waals surface area contributed by atoms with Gasteiger partial charge in [-0.05, 0) is 89.5 Å². The van der Waals surface area contributed by atoms with Crippen LogP contribution in [0.15, 0.2) is 46.9 Å². The average molecular weight is 568 g/mol. The van der Waals surface area contributed by atoms with Gasteiger partial charge in [0.25, 0.3) is 0 Å². The van der Waals surface area contributed by atoms with Crippen molar-refractivity contribution in [1.29, 1.82) is 0 Å². The zero-order chi connectivity index (χ0) is 29.5. The fourth-order valence-corrected chi connectivity index (χ4v) is 4.79. The van der Waals surface area contributed by atoms with Gasteiger partial charge in [0, 0.05) is 50.9 Å². The van der Waals surface area contributed by atoms with E-state index in [1.54, 1.807) is 0 Å². The van der Waals surface area contributed by atoms with Crippen molar-refractivity contribution in [2.45, 2.75) is 40.5 Å². The number of nitrogens with zero attached hydrogens (tertiary/aromatic N) is 5. The third-order valence-corrected chi connectivity index (χ3v) is 7.75. The Morgan fingerprint density at radius 1 is 0.634 bits per heavy atom. The Hall–Kier alpha value is -2.65. The summed E-state index contributed by atoms with van der Waals surface area (Å²) in [5.74, 6) is 2.28. The summed E-state index contributed by atoms with van der Waals surface area (Å²) in [5.41, 5.74) is 2.49. The molecule has 2 aromatic carbocycles. The first kappa shape index (κ1) is 32.9. The summed E-state index contributed by atoms with van der Waals surface area (Å²) in [5, 5.41) is 0. The summed E-state index contributed by atoms with van der Waals surface area (Å²) in [6.45, 7) is 21.1. The maximum atomic E-state index is 6.08. The molecule has 0 N–H and O–H groups in total. The van der Waals surface area contributed by atoms with Crippen LogP contribution in [0.3, 0.4) is 0 Å². The largest absolute Gasteiger partial charge is 0.494 e. The van der Waals surface area contributed by atoms with Crippen LogP contribution in [0.4, 0.5) is 0 Å². The summed E-state index contributed by atoms with van der Waals surface area (Å²) in [6.07, 6.45) is 1.98. The van der Waals surface area contributed by atoms with Gasteiger partial charge in [0.05, 0.1) is 13.2 Å². The van der Waals surface area contributed by atoms with Crippen LogP contribution in [0, 0.1) is 0 Å². The number of rotatable bonds is 21.